The minimum atomic E-state index is -1.14. The number of carboxylic acids is 1. The summed E-state index contributed by atoms with van der Waals surface area (Å²) in [7, 11) is 0. The third-order valence-electron chi connectivity index (χ3n) is 2.03. The third-order valence-corrected chi connectivity index (χ3v) is 2.03. The molecule has 7 heteroatoms. The Bertz CT molecular complexity index is 494. The zero-order valence-corrected chi connectivity index (χ0v) is 11.1. The van der Waals surface area contributed by atoms with E-state index >= 15 is 0 Å². The number of anilines is 1. The predicted molar refractivity (Wildman–Crippen MR) is 68.7 cm³/mol. The maximum absolute atomic E-state index is 11.4. The van der Waals surface area contributed by atoms with Gasteiger partial charge in [-0.25, -0.2) is 14.6 Å². The second-order valence-corrected chi connectivity index (χ2v) is 4.90. The van der Waals surface area contributed by atoms with E-state index in [4.69, 9.17) is 15.6 Å². The van der Waals surface area contributed by atoms with Gasteiger partial charge in [-0.15, -0.1) is 0 Å². The average molecular weight is 267 g/mol. The Balaban J connectivity index is 2.62. The minimum Gasteiger partial charge on any atom is -0.478 e. The number of aromatic nitrogens is 1. The van der Waals surface area contributed by atoms with Crippen LogP contribution in [-0.2, 0) is 11.3 Å². The summed E-state index contributed by atoms with van der Waals surface area (Å²) in [6.45, 7) is 5.37. The smallest absolute Gasteiger partial charge is 0.407 e. The fourth-order valence-electron chi connectivity index (χ4n) is 1.27. The number of carboxylic acid groups (broad SMARTS) is 1. The zero-order valence-electron chi connectivity index (χ0n) is 11.1. The Kier molecular flexibility index (Phi) is 4.31. The van der Waals surface area contributed by atoms with Crippen LogP contribution >= 0.6 is 0 Å². The largest absolute Gasteiger partial charge is 0.478 e. The van der Waals surface area contributed by atoms with Crippen LogP contribution in [0.3, 0.4) is 0 Å². The van der Waals surface area contributed by atoms with Crippen molar-refractivity contribution in [2.45, 2.75) is 32.9 Å². The number of nitrogens with zero attached hydrogens (tertiary/aromatic N) is 1. The van der Waals surface area contributed by atoms with Crippen LogP contribution < -0.4 is 11.1 Å². The summed E-state index contributed by atoms with van der Waals surface area (Å²) in [6, 6.07) is 2.83. The monoisotopic (exact) mass is 267 g/mol. The molecule has 0 aliphatic rings. The summed E-state index contributed by atoms with van der Waals surface area (Å²) in [5.74, 6) is -1.23. The lowest BCUT2D eigenvalue weighted by Gasteiger charge is -2.19. The third kappa shape index (κ3) is 4.82. The van der Waals surface area contributed by atoms with Crippen molar-refractivity contribution >= 4 is 17.9 Å². The second-order valence-electron chi connectivity index (χ2n) is 4.90. The molecule has 1 aromatic rings. The highest BCUT2D eigenvalue weighted by Crippen LogP contribution is 2.10. The van der Waals surface area contributed by atoms with Gasteiger partial charge in [0.2, 0.25) is 0 Å². The molecule has 0 aliphatic heterocycles. The number of aromatic carboxylic acids is 1. The van der Waals surface area contributed by atoms with Crippen molar-refractivity contribution in [3.05, 3.63) is 23.4 Å². The molecule has 7 nitrogen and oxygen atoms in total. The van der Waals surface area contributed by atoms with Gasteiger partial charge < -0.3 is 20.9 Å². The molecule has 1 aromatic heterocycles. The number of nitrogen functional groups attached to an aromatic ring is 1. The summed E-state index contributed by atoms with van der Waals surface area (Å²) in [5.41, 5.74) is 5.30. The Morgan fingerprint density at radius 1 is 1.42 bits per heavy atom. The van der Waals surface area contributed by atoms with Crippen molar-refractivity contribution in [1.82, 2.24) is 10.3 Å². The number of pyridine rings is 1. The number of nitrogens with two attached hydrogens (primary N) is 1. The molecule has 0 saturated carbocycles. The number of alkyl carbamates (subject to hydrolysis) is 1. The maximum Gasteiger partial charge on any atom is 0.407 e. The van der Waals surface area contributed by atoms with Gasteiger partial charge in [0, 0.05) is 0 Å². The topological polar surface area (TPSA) is 115 Å². The van der Waals surface area contributed by atoms with Crippen molar-refractivity contribution in [3.63, 3.8) is 0 Å². The molecule has 0 spiro atoms. The summed E-state index contributed by atoms with van der Waals surface area (Å²) in [6.07, 6.45) is -0.574. The standard InChI is InChI=1S/C12H17N3O4/c1-12(2,3)19-11(18)14-6-7-4-5-8(10(16)17)9(13)15-7/h4-5H,6H2,1-3H3,(H2,13,15)(H,14,18)(H,16,17). The number of hydrogen-bond acceptors (Lipinski definition) is 5. The van der Waals surface area contributed by atoms with Crippen LogP contribution in [0.1, 0.15) is 36.8 Å². The quantitative estimate of drug-likeness (QED) is 0.762. The van der Waals surface area contributed by atoms with E-state index in [2.05, 4.69) is 10.3 Å². The summed E-state index contributed by atoms with van der Waals surface area (Å²) in [4.78, 5) is 26.0. The van der Waals surface area contributed by atoms with Crippen LogP contribution in [0.4, 0.5) is 10.6 Å². The highest BCUT2D eigenvalue weighted by molar-refractivity contribution is 5.92. The van der Waals surface area contributed by atoms with Crippen molar-refractivity contribution < 1.29 is 19.4 Å². The minimum absolute atomic E-state index is 0.0685. The van der Waals surface area contributed by atoms with Gasteiger partial charge in [0.1, 0.15) is 17.0 Å². The molecule has 0 radical (unpaired) electrons. The molecule has 0 aromatic carbocycles. The van der Waals surface area contributed by atoms with E-state index in [1.54, 1.807) is 20.8 Å². The summed E-state index contributed by atoms with van der Waals surface area (Å²) >= 11 is 0. The van der Waals surface area contributed by atoms with E-state index in [1.807, 2.05) is 0 Å². The molecule has 0 saturated heterocycles. The second kappa shape index (κ2) is 5.55. The molecule has 19 heavy (non-hydrogen) atoms. The van der Waals surface area contributed by atoms with E-state index < -0.39 is 17.7 Å². The van der Waals surface area contributed by atoms with Gasteiger partial charge in [0.25, 0.3) is 0 Å². The highest BCUT2D eigenvalue weighted by Gasteiger charge is 2.16. The van der Waals surface area contributed by atoms with Crippen LogP contribution in [0.15, 0.2) is 12.1 Å². The van der Waals surface area contributed by atoms with Gasteiger partial charge in [0.05, 0.1) is 12.2 Å². The molecule has 0 atom stereocenters. The number of nitrogens with one attached hydrogen (secondary N) is 1. The molecule has 0 bridgehead atoms. The zero-order chi connectivity index (χ0) is 14.6. The molecular weight excluding hydrogens is 250 g/mol. The van der Waals surface area contributed by atoms with Crippen molar-refractivity contribution in [3.8, 4) is 0 Å². The van der Waals surface area contributed by atoms with E-state index in [1.165, 1.54) is 12.1 Å². The maximum atomic E-state index is 11.4. The van der Waals surface area contributed by atoms with Gasteiger partial charge in [-0.05, 0) is 32.9 Å². The van der Waals surface area contributed by atoms with Crippen molar-refractivity contribution in [2.24, 2.45) is 0 Å². The van der Waals surface area contributed by atoms with Crippen LogP contribution in [0.5, 0.6) is 0 Å². The predicted octanol–water partition coefficient (Wildman–Crippen LogP) is 1.39. The first-order valence-corrected chi connectivity index (χ1v) is 5.64. The number of rotatable bonds is 3. The number of carbonyl (C=O) groups excluding carboxylic acids is 1. The van der Waals surface area contributed by atoms with Crippen molar-refractivity contribution in [1.29, 1.82) is 0 Å². The Morgan fingerprint density at radius 3 is 2.53 bits per heavy atom. The molecule has 0 fully saturated rings. The molecule has 0 aliphatic carbocycles. The first-order chi connectivity index (χ1) is 8.69. The normalized spacial score (nSPS) is 10.9. The molecule has 1 rings (SSSR count). The van der Waals surface area contributed by atoms with Crippen molar-refractivity contribution in [2.75, 3.05) is 5.73 Å². The average Bonchev–Trinajstić information content (AvgIpc) is 2.23. The lowest BCUT2D eigenvalue weighted by Crippen LogP contribution is -2.32. The Labute approximate surface area is 110 Å². The SMILES string of the molecule is CC(C)(C)OC(=O)NCc1ccc(C(=O)O)c(N)n1. The number of hydrogen-bond donors (Lipinski definition) is 3. The number of ether oxygens (including phenoxy) is 1. The summed E-state index contributed by atoms with van der Waals surface area (Å²) in [5, 5.41) is 11.3. The first-order valence-electron chi connectivity index (χ1n) is 5.64. The fraction of sp³-hybridized carbons (Fsp3) is 0.417. The van der Waals surface area contributed by atoms with E-state index in [0.29, 0.717) is 5.69 Å². The van der Waals surface area contributed by atoms with Crippen LogP contribution in [0.2, 0.25) is 0 Å². The van der Waals surface area contributed by atoms with Gasteiger partial charge >= 0.3 is 12.1 Å². The van der Waals surface area contributed by atoms with Gasteiger partial charge in [0.15, 0.2) is 0 Å². The highest BCUT2D eigenvalue weighted by atomic mass is 16.6. The fourth-order valence-corrected chi connectivity index (χ4v) is 1.27. The van der Waals surface area contributed by atoms with E-state index in [-0.39, 0.29) is 17.9 Å². The van der Waals surface area contributed by atoms with Crippen LogP contribution in [-0.4, -0.2) is 27.8 Å². The molecule has 1 amide bonds. The lowest BCUT2D eigenvalue weighted by atomic mass is 10.2. The lowest BCUT2D eigenvalue weighted by molar-refractivity contribution is 0.0522. The number of carbonyl (C=O) groups is 2. The summed E-state index contributed by atoms with van der Waals surface area (Å²) < 4.78 is 5.05. The number of amides is 1. The molecule has 4 N–H and O–H groups in total. The van der Waals surface area contributed by atoms with Gasteiger partial charge in [-0.1, -0.05) is 0 Å². The van der Waals surface area contributed by atoms with E-state index in [0.717, 1.165) is 0 Å². The van der Waals surface area contributed by atoms with Gasteiger partial charge in [-0.3, -0.25) is 0 Å². The van der Waals surface area contributed by atoms with Crippen LogP contribution in [0.25, 0.3) is 0 Å². The molecule has 104 valence electrons. The van der Waals surface area contributed by atoms with Crippen LogP contribution in [0, 0.1) is 0 Å². The molecule has 1 heterocycles. The molecule has 0 unspecified atom stereocenters. The molecular formula is C12H17N3O4. The Morgan fingerprint density at radius 2 is 2.05 bits per heavy atom. The van der Waals surface area contributed by atoms with Gasteiger partial charge in [-0.2, -0.15) is 0 Å². The Hall–Kier alpha value is -2.31. The first kappa shape index (κ1) is 14.7. The van der Waals surface area contributed by atoms with E-state index in [9.17, 15) is 9.59 Å².